The van der Waals surface area contributed by atoms with Crippen molar-refractivity contribution in [1.82, 2.24) is 0 Å². The minimum atomic E-state index is -3.78. The molecule has 1 heterocycles. The fraction of sp³-hybridized carbons (Fsp3) is 0.500. The number of ether oxygens (including phenoxy) is 2. The average Bonchev–Trinajstić information content (AvgIpc) is 3.04. The van der Waals surface area contributed by atoms with E-state index in [0.29, 0.717) is 17.7 Å². The minimum Gasteiger partial charge on any atom is -0.478 e. The highest BCUT2D eigenvalue weighted by atomic mass is 35.7. The number of rotatable bonds is 3. The molecule has 0 amide bonds. The lowest BCUT2D eigenvalue weighted by atomic mass is 10.1. The zero-order chi connectivity index (χ0) is 15.0. The molecule has 1 aliphatic carbocycles. The van der Waals surface area contributed by atoms with E-state index in [2.05, 4.69) is 0 Å². The molecule has 5 nitrogen and oxygen atoms in total. The van der Waals surface area contributed by atoms with Crippen molar-refractivity contribution in [3.05, 3.63) is 23.8 Å². The van der Waals surface area contributed by atoms with Crippen LogP contribution in [0.5, 0.6) is 5.75 Å². The van der Waals surface area contributed by atoms with E-state index in [1.54, 1.807) is 0 Å². The van der Waals surface area contributed by atoms with Crippen molar-refractivity contribution in [3.8, 4) is 5.75 Å². The van der Waals surface area contributed by atoms with Gasteiger partial charge in [-0.2, -0.15) is 0 Å². The molecule has 1 aromatic rings. The van der Waals surface area contributed by atoms with Gasteiger partial charge in [-0.15, -0.1) is 0 Å². The number of halogens is 1. The first kappa shape index (κ1) is 14.7. The van der Waals surface area contributed by atoms with Gasteiger partial charge < -0.3 is 9.47 Å². The van der Waals surface area contributed by atoms with Crippen molar-refractivity contribution < 1.29 is 22.7 Å². The molecule has 1 atom stereocenters. The standard InChI is InChI=1S/C14H15ClO5S/c15-21(17,18)11-5-6-12-9(7-11)8-13(20-12)14(16)19-10-3-1-2-4-10/h5-7,10,13H,1-4,8H2. The predicted octanol–water partition coefficient (Wildman–Crippen LogP) is 2.40. The van der Waals surface area contributed by atoms with E-state index in [-0.39, 0.29) is 17.0 Å². The van der Waals surface area contributed by atoms with Gasteiger partial charge in [-0.05, 0) is 49.4 Å². The van der Waals surface area contributed by atoms with Gasteiger partial charge in [0.25, 0.3) is 9.05 Å². The van der Waals surface area contributed by atoms with Crippen LogP contribution in [0, 0.1) is 0 Å². The zero-order valence-corrected chi connectivity index (χ0v) is 12.8. The van der Waals surface area contributed by atoms with Crippen LogP contribution in [-0.4, -0.2) is 26.6 Å². The Morgan fingerprint density at radius 1 is 1.29 bits per heavy atom. The van der Waals surface area contributed by atoms with Gasteiger partial charge in [-0.25, -0.2) is 13.2 Å². The summed E-state index contributed by atoms with van der Waals surface area (Å²) in [6.07, 6.45) is 3.57. The second-order valence-electron chi connectivity index (χ2n) is 5.36. The normalized spacial score (nSPS) is 21.9. The summed E-state index contributed by atoms with van der Waals surface area (Å²) < 4.78 is 33.6. The smallest absolute Gasteiger partial charge is 0.347 e. The summed E-state index contributed by atoms with van der Waals surface area (Å²) in [7, 11) is 1.53. The van der Waals surface area contributed by atoms with Gasteiger partial charge in [0.1, 0.15) is 11.9 Å². The summed E-state index contributed by atoms with van der Waals surface area (Å²) in [4.78, 5) is 12.1. The van der Waals surface area contributed by atoms with E-state index in [4.69, 9.17) is 20.2 Å². The molecule has 0 radical (unpaired) electrons. The Balaban J connectivity index is 1.70. The van der Waals surface area contributed by atoms with Crippen LogP contribution in [0.4, 0.5) is 0 Å². The lowest BCUT2D eigenvalue weighted by Crippen LogP contribution is -2.30. The van der Waals surface area contributed by atoms with Crippen LogP contribution in [0.1, 0.15) is 31.2 Å². The highest BCUT2D eigenvalue weighted by Crippen LogP contribution is 2.33. The number of benzene rings is 1. The molecule has 0 spiro atoms. The van der Waals surface area contributed by atoms with Crippen LogP contribution in [-0.2, 0) is 25.0 Å². The van der Waals surface area contributed by atoms with Crippen molar-refractivity contribution in [2.45, 2.75) is 49.2 Å². The quantitative estimate of drug-likeness (QED) is 0.628. The van der Waals surface area contributed by atoms with Gasteiger partial charge >= 0.3 is 5.97 Å². The first-order valence-electron chi connectivity index (χ1n) is 6.88. The molecule has 1 saturated carbocycles. The molecule has 3 rings (SSSR count). The maximum atomic E-state index is 12.1. The number of hydrogen-bond acceptors (Lipinski definition) is 5. The van der Waals surface area contributed by atoms with Gasteiger partial charge in [0.05, 0.1) is 4.90 Å². The molecule has 0 N–H and O–H groups in total. The highest BCUT2D eigenvalue weighted by Gasteiger charge is 2.33. The number of carbonyl (C=O) groups is 1. The Labute approximate surface area is 127 Å². The summed E-state index contributed by atoms with van der Waals surface area (Å²) >= 11 is 0. The summed E-state index contributed by atoms with van der Waals surface area (Å²) in [5.74, 6) is 0.126. The van der Waals surface area contributed by atoms with Crippen LogP contribution < -0.4 is 4.74 Å². The molecule has 0 bridgehead atoms. The summed E-state index contributed by atoms with van der Waals surface area (Å²) in [6.45, 7) is 0. The summed E-state index contributed by atoms with van der Waals surface area (Å²) in [6, 6.07) is 4.33. The minimum absolute atomic E-state index is 0.0105. The molecule has 21 heavy (non-hydrogen) atoms. The van der Waals surface area contributed by atoms with Gasteiger partial charge in [0, 0.05) is 17.1 Å². The molecule has 7 heteroatoms. The molecular formula is C14H15ClO5S. The molecule has 1 unspecified atom stereocenters. The molecule has 114 valence electrons. The van der Waals surface area contributed by atoms with Crippen molar-refractivity contribution in [1.29, 1.82) is 0 Å². The zero-order valence-electron chi connectivity index (χ0n) is 11.2. The van der Waals surface area contributed by atoms with Crippen molar-refractivity contribution in [2.24, 2.45) is 0 Å². The fourth-order valence-electron chi connectivity index (χ4n) is 2.75. The molecule has 1 aliphatic heterocycles. The Bertz CT molecular complexity index is 664. The Morgan fingerprint density at radius 2 is 2.00 bits per heavy atom. The van der Waals surface area contributed by atoms with Crippen LogP contribution >= 0.6 is 10.7 Å². The average molecular weight is 331 g/mol. The van der Waals surface area contributed by atoms with E-state index < -0.39 is 15.2 Å². The van der Waals surface area contributed by atoms with Gasteiger partial charge in [0.15, 0.2) is 6.10 Å². The van der Waals surface area contributed by atoms with Gasteiger partial charge in [0.2, 0.25) is 0 Å². The van der Waals surface area contributed by atoms with E-state index in [0.717, 1.165) is 25.7 Å². The lowest BCUT2D eigenvalue weighted by molar-refractivity contribution is -0.156. The number of hydrogen-bond donors (Lipinski definition) is 0. The Hall–Kier alpha value is -1.27. The molecule has 1 fully saturated rings. The lowest BCUT2D eigenvalue weighted by Gasteiger charge is -2.15. The third kappa shape index (κ3) is 3.16. The van der Waals surface area contributed by atoms with E-state index in [1.807, 2.05) is 0 Å². The molecule has 1 aromatic carbocycles. The molecule has 0 aromatic heterocycles. The molecule has 2 aliphatic rings. The molecule has 0 saturated heterocycles. The maximum absolute atomic E-state index is 12.1. The van der Waals surface area contributed by atoms with Gasteiger partial charge in [-0.1, -0.05) is 0 Å². The van der Waals surface area contributed by atoms with Crippen LogP contribution in [0.2, 0.25) is 0 Å². The summed E-state index contributed by atoms with van der Waals surface area (Å²) in [5, 5.41) is 0. The number of carbonyl (C=O) groups excluding carboxylic acids is 1. The second-order valence-corrected chi connectivity index (χ2v) is 7.93. The third-order valence-corrected chi connectivity index (χ3v) is 5.19. The van der Waals surface area contributed by atoms with Crippen LogP contribution in [0.25, 0.3) is 0 Å². The number of fused-ring (bicyclic) bond motifs is 1. The van der Waals surface area contributed by atoms with Crippen LogP contribution in [0.15, 0.2) is 23.1 Å². The van der Waals surface area contributed by atoms with Crippen molar-refractivity contribution >= 4 is 25.7 Å². The van der Waals surface area contributed by atoms with Gasteiger partial charge in [-0.3, -0.25) is 0 Å². The molecular weight excluding hydrogens is 316 g/mol. The topological polar surface area (TPSA) is 69.7 Å². The van der Waals surface area contributed by atoms with Crippen LogP contribution in [0.3, 0.4) is 0 Å². The first-order chi connectivity index (χ1) is 9.93. The first-order valence-corrected chi connectivity index (χ1v) is 9.19. The second kappa shape index (κ2) is 5.50. The Kier molecular flexibility index (Phi) is 3.84. The van der Waals surface area contributed by atoms with E-state index in [9.17, 15) is 13.2 Å². The summed E-state index contributed by atoms with van der Waals surface area (Å²) in [5.41, 5.74) is 0.657. The monoisotopic (exact) mass is 330 g/mol. The van der Waals surface area contributed by atoms with Crippen molar-refractivity contribution in [3.63, 3.8) is 0 Å². The SMILES string of the molecule is O=C(OC1CCCC1)C1Cc2cc(S(=O)(=O)Cl)ccc2O1. The predicted molar refractivity (Wildman–Crippen MR) is 75.9 cm³/mol. The maximum Gasteiger partial charge on any atom is 0.347 e. The fourth-order valence-corrected chi connectivity index (χ4v) is 3.56. The Morgan fingerprint density at radius 3 is 2.67 bits per heavy atom. The number of esters is 1. The van der Waals surface area contributed by atoms with E-state index in [1.165, 1.54) is 18.2 Å². The van der Waals surface area contributed by atoms with E-state index >= 15 is 0 Å². The highest BCUT2D eigenvalue weighted by molar-refractivity contribution is 8.13. The third-order valence-electron chi connectivity index (χ3n) is 3.84. The van der Waals surface area contributed by atoms with Crippen molar-refractivity contribution in [2.75, 3.05) is 0 Å². The largest absolute Gasteiger partial charge is 0.478 e.